The molecule has 1 fully saturated rings. The molecule has 2 rings (SSSR count). The van der Waals surface area contributed by atoms with Crippen molar-refractivity contribution in [2.75, 3.05) is 19.6 Å². The molecule has 0 aliphatic carbocycles. The Bertz CT molecular complexity index is 490. The van der Waals surface area contributed by atoms with E-state index in [2.05, 4.69) is 5.32 Å². The smallest absolute Gasteiger partial charge is 0.410 e. The molecule has 1 amide bonds. The minimum atomic E-state index is -0.488. The van der Waals surface area contributed by atoms with Crippen LogP contribution in [0.5, 0.6) is 0 Å². The van der Waals surface area contributed by atoms with Gasteiger partial charge in [0.05, 0.1) is 12.8 Å². The van der Waals surface area contributed by atoms with E-state index in [9.17, 15) is 9.59 Å². The number of nitrogens with one attached hydrogen (secondary N) is 1. The van der Waals surface area contributed by atoms with Crippen molar-refractivity contribution in [2.24, 2.45) is 0 Å². The number of ketones is 1. The Labute approximate surface area is 124 Å². The molecule has 1 aromatic heterocycles. The number of amides is 1. The molecular weight excluding hydrogens is 272 g/mol. The molecule has 1 atom stereocenters. The van der Waals surface area contributed by atoms with Gasteiger partial charge in [0.2, 0.25) is 5.78 Å². The summed E-state index contributed by atoms with van der Waals surface area (Å²) in [5.74, 6) is 0.264. The molecule has 0 bridgehead atoms. The highest BCUT2D eigenvalue weighted by molar-refractivity contribution is 5.95. The van der Waals surface area contributed by atoms with Gasteiger partial charge >= 0.3 is 6.09 Å². The largest absolute Gasteiger partial charge is 0.461 e. The van der Waals surface area contributed by atoms with E-state index in [0.717, 1.165) is 6.42 Å². The zero-order valence-electron chi connectivity index (χ0n) is 12.7. The predicted octanol–water partition coefficient (Wildman–Crippen LogP) is 2.06. The molecule has 0 aromatic carbocycles. The molecule has 1 N–H and O–H groups in total. The Morgan fingerprint density at radius 1 is 1.48 bits per heavy atom. The first kappa shape index (κ1) is 15.6. The highest BCUT2D eigenvalue weighted by atomic mass is 16.6. The predicted molar refractivity (Wildman–Crippen MR) is 77.3 cm³/mol. The molecule has 21 heavy (non-hydrogen) atoms. The van der Waals surface area contributed by atoms with Crippen LogP contribution in [0.2, 0.25) is 0 Å². The molecule has 6 nitrogen and oxygen atoms in total. The van der Waals surface area contributed by atoms with E-state index in [0.29, 0.717) is 18.8 Å². The van der Waals surface area contributed by atoms with E-state index in [4.69, 9.17) is 9.15 Å². The summed E-state index contributed by atoms with van der Waals surface area (Å²) in [5.41, 5.74) is -0.488. The number of furan rings is 1. The van der Waals surface area contributed by atoms with Gasteiger partial charge in [-0.25, -0.2) is 4.79 Å². The second-order valence-electron chi connectivity index (χ2n) is 6.19. The number of ether oxygens (including phenoxy) is 1. The number of likely N-dealkylation sites (tertiary alicyclic amines) is 1. The number of hydrogen-bond acceptors (Lipinski definition) is 5. The lowest BCUT2D eigenvalue weighted by Crippen LogP contribution is -2.39. The Morgan fingerprint density at radius 2 is 2.24 bits per heavy atom. The Hall–Kier alpha value is -1.82. The fraction of sp³-hybridized carbons (Fsp3) is 0.600. The Balaban J connectivity index is 1.75. The molecule has 0 saturated carbocycles. The second kappa shape index (κ2) is 6.30. The van der Waals surface area contributed by atoms with Crippen LogP contribution in [0.3, 0.4) is 0 Å². The van der Waals surface area contributed by atoms with Crippen molar-refractivity contribution in [1.29, 1.82) is 0 Å². The van der Waals surface area contributed by atoms with Gasteiger partial charge in [-0.1, -0.05) is 0 Å². The van der Waals surface area contributed by atoms with Crippen LogP contribution in [-0.2, 0) is 4.74 Å². The topological polar surface area (TPSA) is 71.8 Å². The van der Waals surface area contributed by atoms with Crippen molar-refractivity contribution < 1.29 is 18.7 Å². The van der Waals surface area contributed by atoms with Crippen molar-refractivity contribution in [2.45, 2.75) is 38.8 Å². The van der Waals surface area contributed by atoms with Crippen molar-refractivity contribution in [3.8, 4) is 0 Å². The molecule has 2 heterocycles. The Morgan fingerprint density at radius 3 is 2.86 bits per heavy atom. The molecule has 6 heteroatoms. The SMILES string of the molecule is CC(C)(C)OC(=O)N1CC[C@@H](NCC(=O)c2ccco2)C1. The third kappa shape index (κ3) is 4.60. The van der Waals surface area contributed by atoms with Crippen LogP contribution in [0.4, 0.5) is 4.79 Å². The standard InChI is InChI=1S/C15H22N2O4/c1-15(2,3)21-14(19)17-7-6-11(10-17)16-9-12(18)13-5-4-8-20-13/h4-5,8,11,16H,6-7,9-10H2,1-3H3/t11-/m1/s1. The summed E-state index contributed by atoms with van der Waals surface area (Å²) in [6.45, 7) is 6.94. The third-order valence-corrected chi connectivity index (χ3v) is 3.19. The molecular formula is C15H22N2O4. The van der Waals surface area contributed by atoms with E-state index >= 15 is 0 Å². The number of rotatable bonds is 4. The quantitative estimate of drug-likeness (QED) is 0.861. The fourth-order valence-electron chi connectivity index (χ4n) is 2.18. The minimum absolute atomic E-state index is 0.0873. The van der Waals surface area contributed by atoms with Gasteiger partial charge in [0, 0.05) is 19.1 Å². The molecule has 1 aliphatic heterocycles. The lowest BCUT2D eigenvalue weighted by molar-refractivity contribution is 0.0291. The molecule has 1 aromatic rings. The highest BCUT2D eigenvalue weighted by Crippen LogP contribution is 2.15. The lowest BCUT2D eigenvalue weighted by Gasteiger charge is -2.24. The first-order valence-corrected chi connectivity index (χ1v) is 7.13. The van der Waals surface area contributed by atoms with Gasteiger partial charge in [-0.05, 0) is 39.3 Å². The molecule has 0 spiro atoms. The number of hydrogen-bond donors (Lipinski definition) is 1. The number of Topliss-reactive ketones (excluding diaryl/α,β-unsaturated/α-hetero) is 1. The average Bonchev–Trinajstić information content (AvgIpc) is 3.05. The summed E-state index contributed by atoms with van der Waals surface area (Å²) in [7, 11) is 0. The molecule has 0 radical (unpaired) electrons. The van der Waals surface area contributed by atoms with Gasteiger partial charge in [0.25, 0.3) is 0 Å². The van der Waals surface area contributed by atoms with Gasteiger partial charge in [0.15, 0.2) is 5.76 Å². The summed E-state index contributed by atoms with van der Waals surface area (Å²) in [5, 5.41) is 3.16. The van der Waals surface area contributed by atoms with Crippen LogP contribution in [0.1, 0.15) is 37.7 Å². The lowest BCUT2D eigenvalue weighted by atomic mass is 10.2. The second-order valence-corrected chi connectivity index (χ2v) is 6.19. The van der Waals surface area contributed by atoms with Crippen LogP contribution < -0.4 is 5.32 Å². The molecule has 116 valence electrons. The summed E-state index contributed by atoms with van der Waals surface area (Å²) in [6.07, 6.45) is 1.99. The Kier molecular flexibility index (Phi) is 4.67. The number of nitrogens with zero attached hydrogens (tertiary/aromatic N) is 1. The van der Waals surface area contributed by atoms with E-state index in [1.54, 1.807) is 17.0 Å². The van der Waals surface area contributed by atoms with Gasteiger partial charge in [0.1, 0.15) is 5.60 Å². The maximum absolute atomic E-state index is 11.9. The van der Waals surface area contributed by atoms with Crippen molar-refractivity contribution >= 4 is 11.9 Å². The van der Waals surface area contributed by atoms with Gasteiger partial charge in [-0.2, -0.15) is 0 Å². The summed E-state index contributed by atoms with van der Waals surface area (Å²) in [6, 6.07) is 3.44. The van der Waals surface area contributed by atoms with Crippen LogP contribution in [-0.4, -0.2) is 48.1 Å². The highest BCUT2D eigenvalue weighted by Gasteiger charge is 2.29. The first-order valence-electron chi connectivity index (χ1n) is 7.13. The molecule has 0 unspecified atom stereocenters. The first-order chi connectivity index (χ1) is 9.85. The molecule has 1 aliphatic rings. The van der Waals surface area contributed by atoms with Gasteiger partial charge in [-0.15, -0.1) is 0 Å². The minimum Gasteiger partial charge on any atom is -0.461 e. The normalized spacial score (nSPS) is 18.8. The van der Waals surface area contributed by atoms with Gasteiger partial charge < -0.3 is 19.4 Å². The maximum atomic E-state index is 11.9. The number of carbonyl (C=O) groups excluding carboxylic acids is 2. The van der Waals surface area contributed by atoms with Crippen LogP contribution in [0, 0.1) is 0 Å². The zero-order chi connectivity index (χ0) is 15.5. The van der Waals surface area contributed by atoms with E-state index < -0.39 is 5.60 Å². The van der Waals surface area contributed by atoms with E-state index in [-0.39, 0.29) is 24.5 Å². The number of carbonyl (C=O) groups is 2. The monoisotopic (exact) mass is 294 g/mol. The summed E-state index contributed by atoms with van der Waals surface area (Å²) < 4.78 is 10.4. The van der Waals surface area contributed by atoms with Crippen LogP contribution in [0.15, 0.2) is 22.8 Å². The van der Waals surface area contributed by atoms with Crippen molar-refractivity contribution in [1.82, 2.24) is 10.2 Å². The van der Waals surface area contributed by atoms with E-state index in [1.807, 2.05) is 20.8 Å². The van der Waals surface area contributed by atoms with Crippen LogP contribution >= 0.6 is 0 Å². The third-order valence-electron chi connectivity index (χ3n) is 3.19. The van der Waals surface area contributed by atoms with E-state index in [1.165, 1.54) is 6.26 Å². The molecule has 1 saturated heterocycles. The summed E-state index contributed by atoms with van der Waals surface area (Å²) in [4.78, 5) is 25.4. The zero-order valence-corrected chi connectivity index (χ0v) is 12.7. The van der Waals surface area contributed by atoms with Crippen LogP contribution in [0.25, 0.3) is 0 Å². The van der Waals surface area contributed by atoms with Gasteiger partial charge in [-0.3, -0.25) is 4.79 Å². The van der Waals surface area contributed by atoms with Crippen molar-refractivity contribution in [3.63, 3.8) is 0 Å². The fourth-order valence-corrected chi connectivity index (χ4v) is 2.18. The van der Waals surface area contributed by atoms with Crippen molar-refractivity contribution in [3.05, 3.63) is 24.2 Å². The summed E-state index contributed by atoms with van der Waals surface area (Å²) >= 11 is 0. The maximum Gasteiger partial charge on any atom is 0.410 e. The average molecular weight is 294 g/mol.